The molecule has 0 atom stereocenters. The summed E-state index contributed by atoms with van der Waals surface area (Å²) < 4.78 is 16.4. The van der Waals surface area contributed by atoms with Crippen LogP contribution in [0.1, 0.15) is 0 Å². The molecule has 0 unspecified atom stereocenters. The standard InChI is InChI=1S/C25H23N3O3/c1-29-22-15-24(31-3)23(30-2)13-19(22)21-14-20(27-25(26)28-21)18-11-9-17(10-12-18)16-7-5-4-6-8-16/h4-15H,1-3H3,(H2,26,27,28). The number of nitrogens with two attached hydrogens (primary N) is 1. The molecule has 4 aromatic rings. The Morgan fingerprint density at radius 3 is 1.77 bits per heavy atom. The summed E-state index contributed by atoms with van der Waals surface area (Å²) in [4.78, 5) is 8.86. The number of ether oxygens (including phenoxy) is 3. The van der Waals surface area contributed by atoms with E-state index in [4.69, 9.17) is 19.9 Å². The molecule has 0 saturated carbocycles. The lowest BCUT2D eigenvalue weighted by Crippen LogP contribution is -2.00. The number of nitrogens with zero attached hydrogens (tertiary/aromatic N) is 2. The van der Waals surface area contributed by atoms with Gasteiger partial charge in [0.05, 0.1) is 32.7 Å². The maximum absolute atomic E-state index is 6.05. The molecule has 31 heavy (non-hydrogen) atoms. The Balaban J connectivity index is 1.76. The van der Waals surface area contributed by atoms with Crippen LogP contribution in [0.15, 0.2) is 72.8 Å². The molecule has 0 amide bonds. The van der Waals surface area contributed by atoms with Crippen LogP contribution in [-0.4, -0.2) is 31.3 Å². The Kier molecular flexibility index (Phi) is 5.71. The number of methoxy groups -OCH3 is 3. The van der Waals surface area contributed by atoms with Crippen molar-refractivity contribution in [3.8, 4) is 50.9 Å². The van der Waals surface area contributed by atoms with Crippen molar-refractivity contribution in [1.82, 2.24) is 9.97 Å². The highest BCUT2D eigenvalue weighted by atomic mass is 16.5. The minimum absolute atomic E-state index is 0.177. The summed E-state index contributed by atoms with van der Waals surface area (Å²) in [6.45, 7) is 0. The monoisotopic (exact) mass is 413 g/mol. The minimum Gasteiger partial charge on any atom is -0.496 e. The maximum Gasteiger partial charge on any atom is 0.221 e. The van der Waals surface area contributed by atoms with E-state index in [0.717, 1.165) is 27.9 Å². The van der Waals surface area contributed by atoms with Gasteiger partial charge in [-0.3, -0.25) is 0 Å². The molecule has 0 spiro atoms. The van der Waals surface area contributed by atoms with E-state index in [1.807, 2.05) is 42.5 Å². The van der Waals surface area contributed by atoms with Gasteiger partial charge >= 0.3 is 0 Å². The van der Waals surface area contributed by atoms with E-state index in [9.17, 15) is 0 Å². The summed E-state index contributed by atoms with van der Waals surface area (Å²) in [6, 6.07) is 23.9. The Morgan fingerprint density at radius 1 is 0.581 bits per heavy atom. The van der Waals surface area contributed by atoms with Crippen LogP contribution < -0.4 is 19.9 Å². The Morgan fingerprint density at radius 2 is 1.13 bits per heavy atom. The molecule has 2 N–H and O–H groups in total. The number of aromatic nitrogens is 2. The molecule has 1 heterocycles. The third-order valence-corrected chi connectivity index (χ3v) is 5.01. The zero-order valence-corrected chi connectivity index (χ0v) is 17.6. The second-order valence-electron chi connectivity index (χ2n) is 6.85. The summed E-state index contributed by atoms with van der Waals surface area (Å²) in [5, 5.41) is 0. The van der Waals surface area contributed by atoms with Gasteiger partial charge in [0.2, 0.25) is 5.95 Å². The molecule has 0 saturated heterocycles. The molecule has 0 aliphatic carbocycles. The third kappa shape index (κ3) is 4.14. The van der Waals surface area contributed by atoms with Crippen LogP contribution in [-0.2, 0) is 0 Å². The fourth-order valence-corrected chi connectivity index (χ4v) is 3.45. The predicted octanol–water partition coefficient (Wildman–Crippen LogP) is 5.09. The second-order valence-corrected chi connectivity index (χ2v) is 6.85. The van der Waals surface area contributed by atoms with E-state index in [0.29, 0.717) is 22.9 Å². The summed E-state index contributed by atoms with van der Waals surface area (Å²) in [5.41, 5.74) is 11.4. The summed E-state index contributed by atoms with van der Waals surface area (Å²) in [5.74, 6) is 1.92. The molecular formula is C25H23N3O3. The van der Waals surface area contributed by atoms with Crippen LogP contribution >= 0.6 is 0 Å². The van der Waals surface area contributed by atoms with Gasteiger partial charge in [-0.05, 0) is 23.3 Å². The van der Waals surface area contributed by atoms with Gasteiger partial charge in [-0.2, -0.15) is 0 Å². The predicted molar refractivity (Wildman–Crippen MR) is 122 cm³/mol. The molecule has 4 rings (SSSR count). The van der Waals surface area contributed by atoms with Crippen LogP contribution in [0.4, 0.5) is 5.95 Å². The van der Waals surface area contributed by atoms with E-state index in [1.165, 1.54) is 0 Å². The number of hydrogen-bond donors (Lipinski definition) is 1. The van der Waals surface area contributed by atoms with Gasteiger partial charge in [0, 0.05) is 17.2 Å². The van der Waals surface area contributed by atoms with E-state index in [2.05, 4.69) is 34.2 Å². The molecule has 0 radical (unpaired) electrons. The van der Waals surface area contributed by atoms with Crippen molar-refractivity contribution in [3.05, 3.63) is 72.8 Å². The zero-order chi connectivity index (χ0) is 21.8. The van der Waals surface area contributed by atoms with Crippen LogP contribution in [0, 0.1) is 0 Å². The SMILES string of the molecule is COc1cc(OC)c(-c2cc(-c3ccc(-c4ccccc4)cc3)nc(N)n2)cc1OC. The largest absolute Gasteiger partial charge is 0.496 e. The van der Waals surface area contributed by atoms with Crippen molar-refractivity contribution in [1.29, 1.82) is 0 Å². The van der Waals surface area contributed by atoms with Gasteiger partial charge in [-0.25, -0.2) is 9.97 Å². The number of anilines is 1. The van der Waals surface area contributed by atoms with Crippen molar-refractivity contribution in [2.24, 2.45) is 0 Å². The lowest BCUT2D eigenvalue weighted by atomic mass is 10.0. The van der Waals surface area contributed by atoms with Gasteiger partial charge in [0.15, 0.2) is 11.5 Å². The normalized spacial score (nSPS) is 10.5. The first-order valence-corrected chi connectivity index (χ1v) is 9.73. The lowest BCUT2D eigenvalue weighted by Gasteiger charge is -2.14. The summed E-state index contributed by atoms with van der Waals surface area (Å²) >= 11 is 0. The fraction of sp³-hybridized carbons (Fsp3) is 0.120. The van der Waals surface area contributed by atoms with E-state index < -0.39 is 0 Å². The Hall–Kier alpha value is -4.06. The molecule has 6 nitrogen and oxygen atoms in total. The van der Waals surface area contributed by atoms with E-state index in [-0.39, 0.29) is 5.95 Å². The maximum atomic E-state index is 6.05. The second kappa shape index (κ2) is 8.75. The summed E-state index contributed by atoms with van der Waals surface area (Å²) in [7, 11) is 4.76. The molecule has 3 aromatic carbocycles. The Bertz CT molecular complexity index is 1190. The van der Waals surface area contributed by atoms with E-state index >= 15 is 0 Å². The highest BCUT2D eigenvalue weighted by Gasteiger charge is 2.16. The third-order valence-electron chi connectivity index (χ3n) is 5.01. The fourth-order valence-electron chi connectivity index (χ4n) is 3.45. The van der Waals surface area contributed by atoms with Gasteiger partial charge in [-0.15, -0.1) is 0 Å². The average molecular weight is 413 g/mol. The van der Waals surface area contributed by atoms with Crippen molar-refractivity contribution >= 4 is 5.95 Å². The van der Waals surface area contributed by atoms with Gasteiger partial charge in [0.1, 0.15) is 5.75 Å². The van der Waals surface area contributed by atoms with Crippen molar-refractivity contribution in [2.75, 3.05) is 27.1 Å². The summed E-state index contributed by atoms with van der Waals surface area (Å²) in [6.07, 6.45) is 0. The zero-order valence-electron chi connectivity index (χ0n) is 17.6. The van der Waals surface area contributed by atoms with Crippen LogP contribution in [0.3, 0.4) is 0 Å². The first-order valence-electron chi connectivity index (χ1n) is 9.73. The van der Waals surface area contributed by atoms with Crippen LogP contribution in [0.2, 0.25) is 0 Å². The van der Waals surface area contributed by atoms with Gasteiger partial charge < -0.3 is 19.9 Å². The number of nitrogen functional groups attached to an aromatic ring is 1. The van der Waals surface area contributed by atoms with Gasteiger partial charge in [0.25, 0.3) is 0 Å². The molecule has 0 fully saturated rings. The molecule has 1 aromatic heterocycles. The topological polar surface area (TPSA) is 79.5 Å². The highest BCUT2D eigenvalue weighted by molar-refractivity contribution is 5.76. The minimum atomic E-state index is 0.177. The molecule has 0 aliphatic heterocycles. The quantitative estimate of drug-likeness (QED) is 0.475. The van der Waals surface area contributed by atoms with Crippen molar-refractivity contribution < 1.29 is 14.2 Å². The first-order chi connectivity index (χ1) is 15.1. The van der Waals surface area contributed by atoms with Gasteiger partial charge in [-0.1, -0.05) is 54.6 Å². The molecule has 6 heteroatoms. The molecule has 0 bridgehead atoms. The number of benzene rings is 3. The molecule has 0 aliphatic rings. The van der Waals surface area contributed by atoms with Crippen LogP contribution in [0.25, 0.3) is 33.6 Å². The molecular weight excluding hydrogens is 390 g/mol. The first kappa shape index (κ1) is 20.2. The van der Waals surface area contributed by atoms with Crippen LogP contribution in [0.5, 0.6) is 17.2 Å². The van der Waals surface area contributed by atoms with Crippen molar-refractivity contribution in [3.63, 3.8) is 0 Å². The Labute approximate surface area is 181 Å². The average Bonchev–Trinajstić information content (AvgIpc) is 2.83. The number of rotatable bonds is 6. The number of hydrogen-bond acceptors (Lipinski definition) is 6. The smallest absolute Gasteiger partial charge is 0.221 e. The van der Waals surface area contributed by atoms with E-state index in [1.54, 1.807) is 27.4 Å². The molecule has 156 valence electrons. The highest BCUT2D eigenvalue weighted by Crippen LogP contribution is 2.40. The lowest BCUT2D eigenvalue weighted by molar-refractivity contribution is 0.349. The van der Waals surface area contributed by atoms with Crippen molar-refractivity contribution in [2.45, 2.75) is 0 Å².